The Morgan fingerprint density at radius 1 is 1.03 bits per heavy atom. The number of aliphatic carboxylic acids is 3. The predicted molar refractivity (Wildman–Crippen MR) is 130 cm³/mol. The maximum atomic E-state index is 12.0. The van der Waals surface area contributed by atoms with Gasteiger partial charge < -0.3 is 50.9 Å². The number of carboxylic acids is 3. The summed E-state index contributed by atoms with van der Waals surface area (Å²) in [7, 11) is 0. The van der Waals surface area contributed by atoms with Gasteiger partial charge in [0.25, 0.3) is 6.04 Å². The maximum absolute atomic E-state index is 12.0. The number of hydrogen-bond donors (Lipinski definition) is 9. The van der Waals surface area contributed by atoms with Gasteiger partial charge in [-0.15, -0.1) is 0 Å². The minimum absolute atomic E-state index is 0.00960. The first-order valence-electron chi connectivity index (χ1n) is 12.1. The SMILES string of the molecule is O=C(O)C1=C/C(=C/C=[N+]2c3cc(O)c(OC4CC(CO)C(O)C(O)C4O)cc3C[C@H]2C(=O)O)C[C@@H](C(=O)O)N1. The van der Waals surface area contributed by atoms with Gasteiger partial charge in [0.05, 0.1) is 18.6 Å². The molecule has 39 heavy (non-hydrogen) atoms. The lowest BCUT2D eigenvalue weighted by Crippen LogP contribution is -2.56. The van der Waals surface area contributed by atoms with E-state index in [1.54, 1.807) is 0 Å². The number of phenolic OH excluding ortho intramolecular Hbond substituents is 1. The van der Waals surface area contributed by atoms with Crippen LogP contribution in [0.2, 0.25) is 0 Å². The van der Waals surface area contributed by atoms with Gasteiger partial charge in [-0.2, -0.15) is 4.58 Å². The maximum Gasteiger partial charge on any atom is 0.373 e. The number of nitrogens with one attached hydrogen (secondary N) is 1. The zero-order chi connectivity index (χ0) is 28.6. The molecule has 0 spiro atoms. The second kappa shape index (κ2) is 11.0. The fraction of sp³-hybridized carbons (Fsp3) is 0.440. The second-order valence-electron chi connectivity index (χ2n) is 9.71. The van der Waals surface area contributed by atoms with Crippen LogP contribution in [0.5, 0.6) is 11.5 Å². The average molecular weight is 550 g/mol. The number of carbonyl (C=O) groups is 3. The van der Waals surface area contributed by atoms with Gasteiger partial charge in [0.1, 0.15) is 30.1 Å². The van der Waals surface area contributed by atoms with Gasteiger partial charge in [-0.1, -0.05) is 0 Å². The summed E-state index contributed by atoms with van der Waals surface area (Å²) in [5.41, 5.74) is 0.772. The highest BCUT2D eigenvalue weighted by molar-refractivity contribution is 5.89. The average Bonchev–Trinajstić information content (AvgIpc) is 3.24. The van der Waals surface area contributed by atoms with Crippen molar-refractivity contribution in [2.24, 2.45) is 5.92 Å². The van der Waals surface area contributed by atoms with Crippen LogP contribution in [0.25, 0.3) is 0 Å². The molecule has 210 valence electrons. The first-order chi connectivity index (χ1) is 18.4. The largest absolute Gasteiger partial charge is 0.504 e. The van der Waals surface area contributed by atoms with E-state index < -0.39 is 72.7 Å². The van der Waals surface area contributed by atoms with E-state index in [4.69, 9.17) is 4.74 Å². The third-order valence-electron chi connectivity index (χ3n) is 7.16. The first-order valence-corrected chi connectivity index (χ1v) is 12.1. The van der Waals surface area contributed by atoms with Crippen molar-refractivity contribution < 1.29 is 64.5 Å². The molecule has 14 heteroatoms. The van der Waals surface area contributed by atoms with Crippen LogP contribution in [-0.4, -0.2) is 113 Å². The number of aromatic hydroxyl groups is 1. The second-order valence-corrected chi connectivity index (χ2v) is 9.71. The Labute approximate surface area is 221 Å². The van der Waals surface area contributed by atoms with Crippen molar-refractivity contribution in [3.8, 4) is 11.5 Å². The normalized spacial score (nSPS) is 32.3. The molecule has 0 amide bonds. The van der Waals surface area contributed by atoms with Crippen molar-refractivity contribution >= 4 is 29.8 Å². The van der Waals surface area contributed by atoms with E-state index in [0.717, 1.165) is 0 Å². The van der Waals surface area contributed by atoms with E-state index in [9.17, 15) is 55.2 Å². The molecule has 9 N–H and O–H groups in total. The molecule has 1 saturated carbocycles. The Balaban J connectivity index is 1.66. The zero-order valence-corrected chi connectivity index (χ0v) is 20.4. The third kappa shape index (κ3) is 5.59. The number of ether oxygens (including phenoxy) is 1. The predicted octanol–water partition coefficient (Wildman–Crippen LogP) is -1.70. The minimum Gasteiger partial charge on any atom is -0.504 e. The Morgan fingerprint density at radius 3 is 2.36 bits per heavy atom. The number of phenols is 1. The van der Waals surface area contributed by atoms with E-state index >= 15 is 0 Å². The Morgan fingerprint density at radius 2 is 1.74 bits per heavy atom. The van der Waals surface area contributed by atoms with E-state index in [1.807, 2.05) is 0 Å². The highest BCUT2D eigenvalue weighted by Gasteiger charge is 2.45. The van der Waals surface area contributed by atoms with Crippen molar-refractivity contribution in [2.75, 3.05) is 6.61 Å². The lowest BCUT2D eigenvalue weighted by Gasteiger charge is -2.39. The first kappa shape index (κ1) is 28.0. The van der Waals surface area contributed by atoms with Crippen LogP contribution in [0.15, 0.2) is 35.6 Å². The standard InChI is InChI=1S/C25H28N2O12/c28-9-12-7-19(21(31)22(32)20(12)30)39-18-6-11-5-16(25(37)38)27(15(11)8-17(18)29)2-1-10-3-13(23(33)34)26-14(4-10)24(35)36/h1-3,6,8,12,14,16,19-22,28,30-32H,4-5,7,9H2,(H4,29,33,34,35,36,37,38)/p+1/t12?,14-,16-,19?,20?,21?,22?/m0/s1. The summed E-state index contributed by atoms with van der Waals surface area (Å²) in [6.45, 7) is -0.464. The summed E-state index contributed by atoms with van der Waals surface area (Å²) in [6, 6.07) is 0.356. The number of benzene rings is 1. The monoisotopic (exact) mass is 549 g/mol. The van der Waals surface area contributed by atoms with Gasteiger partial charge in [-0.05, 0) is 24.1 Å². The van der Waals surface area contributed by atoms with Crippen LogP contribution in [0.4, 0.5) is 5.69 Å². The van der Waals surface area contributed by atoms with E-state index in [2.05, 4.69) is 5.32 Å². The van der Waals surface area contributed by atoms with Gasteiger partial charge in [-0.25, -0.2) is 14.4 Å². The van der Waals surface area contributed by atoms with Crippen molar-refractivity contribution in [1.29, 1.82) is 0 Å². The Kier molecular flexibility index (Phi) is 7.92. The lowest BCUT2D eigenvalue weighted by molar-refractivity contribution is -0.456. The van der Waals surface area contributed by atoms with Crippen molar-refractivity contribution in [2.45, 2.75) is 55.8 Å². The molecule has 5 unspecified atom stereocenters. The molecular formula is C25H29N2O12+. The third-order valence-corrected chi connectivity index (χ3v) is 7.16. The fourth-order valence-electron chi connectivity index (χ4n) is 5.03. The summed E-state index contributed by atoms with van der Waals surface area (Å²) in [4.78, 5) is 34.8. The summed E-state index contributed by atoms with van der Waals surface area (Å²) in [6.07, 6.45) is -1.59. The molecule has 7 atom stereocenters. The van der Waals surface area contributed by atoms with Crippen LogP contribution in [-0.2, 0) is 20.8 Å². The Hall–Kier alpha value is -3.98. The molecular weight excluding hydrogens is 520 g/mol. The van der Waals surface area contributed by atoms with Gasteiger partial charge >= 0.3 is 17.9 Å². The molecule has 1 fully saturated rings. The molecule has 0 saturated heterocycles. The fourth-order valence-corrected chi connectivity index (χ4v) is 5.03. The summed E-state index contributed by atoms with van der Waals surface area (Å²) < 4.78 is 7.08. The van der Waals surface area contributed by atoms with E-state index in [0.29, 0.717) is 16.8 Å². The summed E-state index contributed by atoms with van der Waals surface area (Å²) >= 11 is 0. The smallest absolute Gasteiger partial charge is 0.373 e. The van der Waals surface area contributed by atoms with Crippen molar-refractivity contribution in [3.63, 3.8) is 0 Å². The summed E-state index contributed by atoms with van der Waals surface area (Å²) in [5.74, 6) is -5.07. The molecule has 1 aliphatic carbocycles. The quantitative estimate of drug-likeness (QED) is 0.173. The van der Waals surface area contributed by atoms with Gasteiger partial charge in [0.2, 0.25) is 5.69 Å². The van der Waals surface area contributed by atoms with Gasteiger partial charge in [-0.3, -0.25) is 0 Å². The molecule has 0 radical (unpaired) electrons. The Bertz CT molecular complexity index is 1270. The number of carboxylic acid groups (broad SMARTS) is 3. The van der Waals surface area contributed by atoms with Gasteiger partial charge in [0.15, 0.2) is 17.7 Å². The molecule has 0 bridgehead atoms. The number of rotatable bonds is 7. The van der Waals surface area contributed by atoms with Crippen molar-refractivity contribution in [1.82, 2.24) is 5.32 Å². The highest BCUT2D eigenvalue weighted by atomic mass is 16.5. The number of fused-ring (bicyclic) bond motifs is 1. The van der Waals surface area contributed by atoms with E-state index in [1.165, 1.54) is 35.1 Å². The van der Waals surface area contributed by atoms with Crippen LogP contribution in [0, 0.1) is 5.92 Å². The molecule has 1 aromatic carbocycles. The molecule has 1 aromatic rings. The summed E-state index contributed by atoms with van der Waals surface area (Å²) in [5, 5.41) is 81.4. The lowest BCUT2D eigenvalue weighted by atomic mass is 9.81. The number of allylic oxidation sites excluding steroid dienone is 2. The topological polar surface area (TPSA) is 237 Å². The minimum atomic E-state index is -1.58. The molecule has 2 heterocycles. The molecule has 4 rings (SSSR count). The number of hydrogen-bond acceptors (Lipinski definition) is 10. The van der Waals surface area contributed by atoms with Gasteiger partial charge in [0, 0.05) is 30.6 Å². The molecule has 14 nitrogen and oxygen atoms in total. The van der Waals surface area contributed by atoms with Crippen LogP contribution >= 0.6 is 0 Å². The van der Waals surface area contributed by atoms with Crippen LogP contribution in [0.3, 0.4) is 0 Å². The zero-order valence-electron chi connectivity index (χ0n) is 20.4. The van der Waals surface area contributed by atoms with Crippen LogP contribution < -0.4 is 10.1 Å². The highest BCUT2D eigenvalue weighted by Crippen LogP contribution is 2.41. The molecule has 2 aliphatic heterocycles. The number of aliphatic hydroxyl groups excluding tert-OH is 4. The van der Waals surface area contributed by atoms with Crippen molar-refractivity contribution in [3.05, 3.63) is 41.1 Å². The molecule has 0 aromatic heterocycles. The van der Waals surface area contributed by atoms with E-state index in [-0.39, 0.29) is 30.7 Å². The number of nitrogens with zero attached hydrogens (tertiary/aromatic N) is 1. The van der Waals surface area contributed by atoms with Crippen LogP contribution in [0.1, 0.15) is 18.4 Å². The molecule has 3 aliphatic rings. The number of aliphatic hydroxyl groups is 4.